The highest BCUT2D eigenvalue weighted by atomic mass is 32.2. The molecule has 0 spiro atoms. The molecule has 0 unspecified atom stereocenters. The molecule has 0 saturated heterocycles. The molecule has 2 N–H and O–H groups in total. The Bertz CT molecular complexity index is 467. The Labute approximate surface area is 107 Å². The lowest BCUT2D eigenvalue weighted by Gasteiger charge is -2.27. The second-order valence-corrected chi connectivity index (χ2v) is 6.42. The summed E-state index contributed by atoms with van der Waals surface area (Å²) in [7, 11) is -3.46. The molecule has 18 heavy (non-hydrogen) atoms. The van der Waals surface area contributed by atoms with Crippen LogP contribution < -0.4 is 4.72 Å². The highest BCUT2D eigenvalue weighted by Gasteiger charge is 2.25. The van der Waals surface area contributed by atoms with Gasteiger partial charge in [0.15, 0.2) is 0 Å². The Morgan fingerprint density at radius 1 is 1.33 bits per heavy atom. The van der Waals surface area contributed by atoms with Crippen LogP contribution in [0.15, 0.2) is 29.4 Å². The van der Waals surface area contributed by atoms with Gasteiger partial charge in [-0.3, -0.25) is 4.98 Å². The van der Waals surface area contributed by atoms with Gasteiger partial charge in [-0.2, -0.15) is 0 Å². The number of aliphatic hydroxyl groups is 1. The average Bonchev–Trinajstić information content (AvgIpc) is 2.40. The first-order chi connectivity index (χ1) is 8.62. The van der Waals surface area contributed by atoms with Crippen LogP contribution in [0.2, 0.25) is 0 Å². The number of aliphatic hydroxyl groups excluding tert-OH is 1. The van der Waals surface area contributed by atoms with Crippen molar-refractivity contribution in [2.75, 3.05) is 6.61 Å². The van der Waals surface area contributed by atoms with Crippen molar-refractivity contribution in [2.24, 2.45) is 5.92 Å². The third-order valence-electron chi connectivity index (χ3n) is 3.37. The molecule has 1 aliphatic rings. The zero-order valence-corrected chi connectivity index (χ0v) is 10.9. The van der Waals surface area contributed by atoms with E-state index in [-0.39, 0.29) is 17.5 Å². The maximum absolute atomic E-state index is 12.1. The number of aromatic nitrogens is 1. The van der Waals surface area contributed by atoms with Gasteiger partial charge in [-0.15, -0.1) is 0 Å². The van der Waals surface area contributed by atoms with Gasteiger partial charge >= 0.3 is 0 Å². The molecule has 1 saturated carbocycles. The topological polar surface area (TPSA) is 79.3 Å². The van der Waals surface area contributed by atoms with E-state index in [0.717, 1.165) is 25.7 Å². The second-order valence-electron chi connectivity index (χ2n) is 4.71. The Balaban J connectivity index is 1.98. The normalized spacial score (nSPS) is 24.9. The fourth-order valence-electron chi connectivity index (χ4n) is 2.26. The lowest BCUT2D eigenvalue weighted by molar-refractivity contribution is 0.180. The smallest absolute Gasteiger partial charge is 0.242 e. The van der Waals surface area contributed by atoms with Gasteiger partial charge in [0, 0.05) is 25.0 Å². The van der Waals surface area contributed by atoms with Crippen LogP contribution in [0.4, 0.5) is 0 Å². The van der Waals surface area contributed by atoms with Gasteiger partial charge in [0.25, 0.3) is 0 Å². The summed E-state index contributed by atoms with van der Waals surface area (Å²) in [6, 6.07) is 3.12. The predicted octanol–water partition coefficient (Wildman–Crippen LogP) is 0.911. The molecule has 0 aliphatic heterocycles. The van der Waals surface area contributed by atoms with Crippen molar-refractivity contribution in [3.05, 3.63) is 24.5 Å². The lowest BCUT2D eigenvalue weighted by atomic mass is 9.87. The molecular formula is C12H18N2O3S. The van der Waals surface area contributed by atoms with E-state index in [9.17, 15) is 8.42 Å². The number of nitrogens with zero attached hydrogens (tertiary/aromatic N) is 1. The Kier molecular flexibility index (Phi) is 4.31. The number of rotatable bonds is 4. The molecule has 0 amide bonds. The highest BCUT2D eigenvalue weighted by Crippen LogP contribution is 2.24. The van der Waals surface area contributed by atoms with E-state index in [2.05, 4.69) is 9.71 Å². The molecule has 0 atom stereocenters. The van der Waals surface area contributed by atoms with Crippen molar-refractivity contribution in [1.29, 1.82) is 0 Å². The van der Waals surface area contributed by atoms with Gasteiger partial charge in [-0.25, -0.2) is 13.1 Å². The van der Waals surface area contributed by atoms with Crippen molar-refractivity contribution in [3.63, 3.8) is 0 Å². The molecule has 1 aromatic rings. The second kappa shape index (κ2) is 5.77. The summed E-state index contributed by atoms with van der Waals surface area (Å²) in [5, 5.41) is 9.04. The van der Waals surface area contributed by atoms with E-state index in [4.69, 9.17) is 5.11 Å². The minimum Gasteiger partial charge on any atom is -0.396 e. The van der Waals surface area contributed by atoms with Crippen molar-refractivity contribution < 1.29 is 13.5 Å². The molecule has 0 radical (unpaired) electrons. The van der Waals surface area contributed by atoms with E-state index in [1.54, 1.807) is 12.3 Å². The van der Waals surface area contributed by atoms with Crippen LogP contribution in [0.3, 0.4) is 0 Å². The highest BCUT2D eigenvalue weighted by molar-refractivity contribution is 7.89. The first kappa shape index (κ1) is 13.5. The van der Waals surface area contributed by atoms with E-state index < -0.39 is 10.0 Å². The molecule has 100 valence electrons. The van der Waals surface area contributed by atoms with Crippen LogP contribution in [0, 0.1) is 5.92 Å². The third-order valence-corrected chi connectivity index (χ3v) is 4.88. The van der Waals surface area contributed by atoms with Gasteiger partial charge in [-0.05, 0) is 43.7 Å². The summed E-state index contributed by atoms with van der Waals surface area (Å²) in [5.41, 5.74) is 0. The van der Waals surface area contributed by atoms with Crippen LogP contribution in [-0.2, 0) is 10.0 Å². The molecule has 0 bridgehead atoms. The first-order valence-electron chi connectivity index (χ1n) is 6.15. The van der Waals surface area contributed by atoms with Crippen LogP contribution in [-0.4, -0.2) is 31.2 Å². The van der Waals surface area contributed by atoms with Crippen molar-refractivity contribution in [2.45, 2.75) is 36.6 Å². The zero-order chi connectivity index (χ0) is 13.0. The molecule has 1 heterocycles. The summed E-state index contributed by atoms with van der Waals surface area (Å²) < 4.78 is 26.8. The molecular weight excluding hydrogens is 252 g/mol. The fourth-order valence-corrected chi connectivity index (χ4v) is 3.52. The standard InChI is InChI=1S/C12H18N2O3S/c15-9-10-3-5-11(6-4-10)14-18(16,17)12-2-1-7-13-8-12/h1-2,7-8,10-11,14-15H,3-6,9H2. The molecule has 1 aliphatic carbocycles. The minimum absolute atomic E-state index is 0.0296. The predicted molar refractivity (Wildman–Crippen MR) is 67.4 cm³/mol. The Morgan fingerprint density at radius 2 is 2.06 bits per heavy atom. The van der Waals surface area contributed by atoms with Gasteiger partial charge in [0.2, 0.25) is 10.0 Å². The zero-order valence-electron chi connectivity index (χ0n) is 10.1. The number of nitrogens with one attached hydrogen (secondary N) is 1. The van der Waals surface area contributed by atoms with Gasteiger partial charge in [0.1, 0.15) is 4.90 Å². The Hall–Kier alpha value is -0.980. The summed E-state index contributed by atoms with van der Waals surface area (Å²) in [6.45, 7) is 0.197. The van der Waals surface area contributed by atoms with Gasteiger partial charge in [0.05, 0.1) is 0 Å². The average molecular weight is 270 g/mol. The van der Waals surface area contributed by atoms with Crippen LogP contribution in [0.5, 0.6) is 0 Å². The summed E-state index contributed by atoms with van der Waals surface area (Å²) in [6.07, 6.45) is 6.20. The summed E-state index contributed by atoms with van der Waals surface area (Å²) in [4.78, 5) is 4.02. The summed E-state index contributed by atoms with van der Waals surface area (Å²) in [5.74, 6) is 0.323. The summed E-state index contributed by atoms with van der Waals surface area (Å²) >= 11 is 0. The van der Waals surface area contributed by atoms with Gasteiger partial charge in [-0.1, -0.05) is 0 Å². The third kappa shape index (κ3) is 3.28. The fraction of sp³-hybridized carbons (Fsp3) is 0.583. The van der Waals surface area contributed by atoms with Crippen LogP contribution in [0.25, 0.3) is 0 Å². The molecule has 1 fully saturated rings. The van der Waals surface area contributed by atoms with Crippen molar-refractivity contribution >= 4 is 10.0 Å². The quantitative estimate of drug-likeness (QED) is 0.852. The number of hydrogen-bond donors (Lipinski definition) is 2. The monoisotopic (exact) mass is 270 g/mol. The van der Waals surface area contributed by atoms with E-state index >= 15 is 0 Å². The lowest BCUT2D eigenvalue weighted by Crippen LogP contribution is -2.38. The van der Waals surface area contributed by atoms with Crippen molar-refractivity contribution in [3.8, 4) is 0 Å². The van der Waals surface area contributed by atoms with E-state index in [0.29, 0.717) is 5.92 Å². The number of hydrogen-bond acceptors (Lipinski definition) is 4. The molecule has 0 aromatic carbocycles. The van der Waals surface area contributed by atoms with Crippen LogP contribution >= 0.6 is 0 Å². The van der Waals surface area contributed by atoms with E-state index in [1.807, 2.05) is 0 Å². The largest absolute Gasteiger partial charge is 0.396 e. The maximum Gasteiger partial charge on any atom is 0.242 e. The number of pyridine rings is 1. The van der Waals surface area contributed by atoms with Crippen molar-refractivity contribution in [1.82, 2.24) is 9.71 Å². The SMILES string of the molecule is O=S(=O)(NC1CCC(CO)CC1)c1cccnc1. The minimum atomic E-state index is -3.46. The van der Waals surface area contributed by atoms with Gasteiger partial charge < -0.3 is 5.11 Å². The Morgan fingerprint density at radius 3 is 2.61 bits per heavy atom. The first-order valence-corrected chi connectivity index (χ1v) is 7.63. The molecule has 1 aromatic heterocycles. The maximum atomic E-state index is 12.1. The van der Waals surface area contributed by atoms with Crippen LogP contribution in [0.1, 0.15) is 25.7 Å². The molecule has 6 heteroatoms. The molecule has 5 nitrogen and oxygen atoms in total. The van der Waals surface area contributed by atoms with E-state index in [1.165, 1.54) is 12.3 Å². The number of sulfonamides is 1. The molecule has 2 rings (SSSR count).